The highest BCUT2D eigenvalue weighted by atomic mass is 32.1. The first-order valence-corrected chi connectivity index (χ1v) is 11.5. The van der Waals surface area contributed by atoms with Crippen molar-refractivity contribution in [3.8, 4) is 5.69 Å². The molecule has 32 heavy (non-hydrogen) atoms. The van der Waals surface area contributed by atoms with Crippen LogP contribution in [-0.4, -0.2) is 15.0 Å². The van der Waals surface area contributed by atoms with E-state index in [2.05, 4.69) is 11.4 Å². The SMILES string of the molecule is Cc1ccc(-n2c(=O)c3sccc3n(CC(=O)NC3CCc4ccccc43)c2=O)cc1C. The molecule has 0 saturated carbocycles. The summed E-state index contributed by atoms with van der Waals surface area (Å²) in [5.41, 5.74) is 4.59. The molecule has 1 unspecified atom stereocenters. The van der Waals surface area contributed by atoms with Crippen LogP contribution in [0.15, 0.2) is 63.5 Å². The maximum atomic E-state index is 13.4. The lowest BCUT2D eigenvalue weighted by atomic mass is 10.1. The van der Waals surface area contributed by atoms with E-state index in [1.54, 1.807) is 17.5 Å². The van der Waals surface area contributed by atoms with E-state index in [9.17, 15) is 14.4 Å². The number of amides is 1. The summed E-state index contributed by atoms with van der Waals surface area (Å²) in [6.07, 6.45) is 1.77. The predicted octanol–water partition coefficient (Wildman–Crippen LogP) is 3.63. The summed E-state index contributed by atoms with van der Waals surface area (Å²) in [7, 11) is 0. The third-order valence-electron chi connectivity index (χ3n) is 6.27. The summed E-state index contributed by atoms with van der Waals surface area (Å²) < 4.78 is 3.03. The molecule has 2 aromatic carbocycles. The average Bonchev–Trinajstić information content (AvgIpc) is 3.42. The van der Waals surface area contributed by atoms with Crippen LogP contribution < -0.4 is 16.6 Å². The van der Waals surface area contributed by atoms with Crippen LogP contribution >= 0.6 is 11.3 Å². The second-order valence-electron chi connectivity index (χ2n) is 8.27. The molecule has 1 atom stereocenters. The number of hydrogen-bond acceptors (Lipinski definition) is 4. The van der Waals surface area contributed by atoms with Crippen molar-refractivity contribution in [3.63, 3.8) is 0 Å². The molecule has 1 N–H and O–H groups in total. The molecule has 0 aliphatic heterocycles. The van der Waals surface area contributed by atoms with E-state index < -0.39 is 5.69 Å². The topological polar surface area (TPSA) is 73.1 Å². The Morgan fingerprint density at radius 2 is 1.91 bits per heavy atom. The monoisotopic (exact) mass is 445 g/mol. The lowest BCUT2D eigenvalue weighted by Gasteiger charge is -2.16. The van der Waals surface area contributed by atoms with Crippen LogP contribution in [0.2, 0.25) is 0 Å². The first-order valence-electron chi connectivity index (χ1n) is 10.6. The highest BCUT2D eigenvalue weighted by Gasteiger charge is 2.24. The van der Waals surface area contributed by atoms with E-state index >= 15 is 0 Å². The number of aromatic nitrogens is 2. The number of rotatable bonds is 4. The maximum absolute atomic E-state index is 13.4. The van der Waals surface area contributed by atoms with Gasteiger partial charge in [-0.25, -0.2) is 9.36 Å². The van der Waals surface area contributed by atoms with Gasteiger partial charge in [0, 0.05) is 0 Å². The molecule has 1 aliphatic carbocycles. The van der Waals surface area contributed by atoms with E-state index in [1.165, 1.54) is 26.0 Å². The minimum atomic E-state index is -0.508. The molecule has 0 fully saturated rings. The lowest BCUT2D eigenvalue weighted by molar-refractivity contribution is -0.122. The van der Waals surface area contributed by atoms with Crippen molar-refractivity contribution in [3.05, 3.63) is 97.0 Å². The zero-order chi connectivity index (χ0) is 22.4. The number of nitrogens with zero attached hydrogens (tertiary/aromatic N) is 2. The molecule has 6 nitrogen and oxygen atoms in total. The molecule has 1 aliphatic rings. The zero-order valence-corrected chi connectivity index (χ0v) is 18.7. The minimum Gasteiger partial charge on any atom is -0.348 e. The van der Waals surface area contributed by atoms with Gasteiger partial charge in [-0.2, -0.15) is 0 Å². The molecule has 4 aromatic rings. The molecule has 0 radical (unpaired) electrons. The molecular formula is C25H23N3O3S. The van der Waals surface area contributed by atoms with Gasteiger partial charge in [-0.05, 0) is 72.5 Å². The van der Waals surface area contributed by atoms with Gasteiger partial charge >= 0.3 is 5.69 Å². The van der Waals surface area contributed by atoms with Crippen LogP contribution in [0.25, 0.3) is 15.9 Å². The van der Waals surface area contributed by atoms with E-state index in [-0.39, 0.29) is 24.1 Å². The quantitative estimate of drug-likeness (QED) is 0.521. The number of aryl methyl sites for hydroxylation is 3. The highest BCUT2D eigenvalue weighted by Crippen LogP contribution is 2.30. The van der Waals surface area contributed by atoms with Gasteiger partial charge in [-0.3, -0.25) is 14.2 Å². The van der Waals surface area contributed by atoms with Gasteiger partial charge in [0.1, 0.15) is 11.2 Å². The Morgan fingerprint density at radius 1 is 1.09 bits per heavy atom. The second-order valence-corrected chi connectivity index (χ2v) is 9.19. The Morgan fingerprint density at radius 3 is 2.72 bits per heavy atom. The summed E-state index contributed by atoms with van der Waals surface area (Å²) in [6, 6.07) is 15.3. The van der Waals surface area contributed by atoms with E-state index in [4.69, 9.17) is 0 Å². The molecule has 2 aromatic heterocycles. The fraction of sp³-hybridized carbons (Fsp3) is 0.240. The van der Waals surface area contributed by atoms with Crippen LogP contribution in [0, 0.1) is 13.8 Å². The van der Waals surface area contributed by atoms with Crippen LogP contribution in [0.3, 0.4) is 0 Å². The summed E-state index contributed by atoms with van der Waals surface area (Å²) >= 11 is 1.28. The molecule has 0 bridgehead atoms. The first kappa shape index (κ1) is 20.5. The number of thiophene rings is 1. The van der Waals surface area contributed by atoms with Gasteiger partial charge in [-0.1, -0.05) is 30.3 Å². The molecule has 0 saturated heterocycles. The van der Waals surface area contributed by atoms with Crippen LogP contribution in [0.5, 0.6) is 0 Å². The summed E-state index contributed by atoms with van der Waals surface area (Å²) in [6.45, 7) is 3.78. The molecular weight excluding hydrogens is 422 g/mol. The van der Waals surface area contributed by atoms with Crippen molar-refractivity contribution in [1.29, 1.82) is 0 Å². The summed E-state index contributed by atoms with van der Waals surface area (Å²) in [4.78, 5) is 39.5. The third-order valence-corrected chi connectivity index (χ3v) is 7.16. The largest absolute Gasteiger partial charge is 0.348 e. The lowest BCUT2D eigenvalue weighted by Crippen LogP contribution is -2.41. The van der Waals surface area contributed by atoms with Crippen LogP contribution in [-0.2, 0) is 17.8 Å². The first-order chi connectivity index (χ1) is 15.4. The van der Waals surface area contributed by atoms with Gasteiger partial charge in [0.05, 0.1) is 17.2 Å². The second kappa shape index (κ2) is 7.91. The molecule has 1 amide bonds. The zero-order valence-electron chi connectivity index (χ0n) is 17.9. The number of hydrogen-bond donors (Lipinski definition) is 1. The smallest absolute Gasteiger partial charge is 0.336 e. The van der Waals surface area contributed by atoms with Crippen LogP contribution in [0.1, 0.15) is 34.7 Å². The fourth-order valence-corrected chi connectivity index (χ4v) is 5.25. The Labute approximate surface area is 188 Å². The minimum absolute atomic E-state index is 0.0574. The molecule has 7 heteroatoms. The number of fused-ring (bicyclic) bond motifs is 2. The van der Waals surface area contributed by atoms with Gasteiger partial charge in [0.2, 0.25) is 5.91 Å². The molecule has 0 spiro atoms. The fourth-order valence-electron chi connectivity index (χ4n) is 4.42. The van der Waals surface area contributed by atoms with Crippen molar-refractivity contribution in [1.82, 2.24) is 14.5 Å². The number of carbonyl (C=O) groups excluding carboxylic acids is 1. The predicted molar refractivity (Wildman–Crippen MR) is 127 cm³/mol. The number of nitrogens with one attached hydrogen (secondary N) is 1. The van der Waals surface area contributed by atoms with E-state index in [1.807, 2.05) is 44.2 Å². The summed E-state index contributed by atoms with van der Waals surface area (Å²) in [5.74, 6) is -0.244. The van der Waals surface area contributed by atoms with Crippen LogP contribution in [0.4, 0.5) is 0 Å². The molecule has 5 rings (SSSR count). The van der Waals surface area contributed by atoms with Gasteiger partial charge in [0.15, 0.2) is 0 Å². The van der Waals surface area contributed by atoms with Crippen molar-refractivity contribution in [2.24, 2.45) is 0 Å². The number of benzene rings is 2. The standard InChI is InChI=1S/C25H23N3O3S/c1-15-7-9-18(13-16(15)2)28-24(30)23-21(11-12-32-23)27(25(28)31)14-22(29)26-20-10-8-17-5-3-4-6-19(17)20/h3-7,9,11-13,20H,8,10,14H2,1-2H3,(H,26,29). The van der Waals surface area contributed by atoms with Crippen molar-refractivity contribution in [2.75, 3.05) is 0 Å². The number of carbonyl (C=O) groups is 1. The highest BCUT2D eigenvalue weighted by molar-refractivity contribution is 7.17. The molecule has 162 valence electrons. The Bertz CT molecular complexity index is 1480. The van der Waals surface area contributed by atoms with Gasteiger partial charge in [-0.15, -0.1) is 11.3 Å². The molecule has 2 heterocycles. The summed E-state index contributed by atoms with van der Waals surface area (Å²) in [5, 5.41) is 4.85. The van der Waals surface area contributed by atoms with Crippen molar-refractivity contribution >= 4 is 27.5 Å². The Kier molecular flexibility index (Phi) is 5.06. The van der Waals surface area contributed by atoms with E-state index in [0.717, 1.165) is 29.5 Å². The van der Waals surface area contributed by atoms with Gasteiger partial charge < -0.3 is 5.32 Å². The third kappa shape index (κ3) is 3.39. The Balaban J connectivity index is 1.54. The van der Waals surface area contributed by atoms with Crippen molar-refractivity contribution < 1.29 is 4.79 Å². The van der Waals surface area contributed by atoms with E-state index in [0.29, 0.717) is 15.9 Å². The average molecular weight is 446 g/mol. The van der Waals surface area contributed by atoms with Gasteiger partial charge in [0.25, 0.3) is 5.56 Å². The maximum Gasteiger partial charge on any atom is 0.336 e. The normalized spacial score (nSPS) is 15.1. The van der Waals surface area contributed by atoms with Crippen molar-refractivity contribution in [2.45, 2.75) is 39.3 Å². The Hall–Kier alpha value is -3.45.